The Morgan fingerprint density at radius 3 is 2.22 bits per heavy atom. The number of methoxy groups -OCH3 is 3. The summed E-state index contributed by atoms with van der Waals surface area (Å²) in [5.41, 5.74) is 0.689. The average molecular weight is 388 g/mol. The molecule has 0 atom stereocenters. The van der Waals surface area contributed by atoms with Crippen LogP contribution in [-0.4, -0.2) is 31.3 Å². The number of nitrogens with one attached hydrogen (secondary N) is 1. The Morgan fingerprint density at radius 2 is 1.59 bits per heavy atom. The molecule has 27 heavy (non-hydrogen) atoms. The molecule has 0 saturated heterocycles. The number of hydrogen-bond donors (Lipinski definition) is 1. The first-order valence-electron chi connectivity index (χ1n) is 7.96. The van der Waals surface area contributed by atoms with Gasteiger partial charge in [-0.25, -0.2) is 0 Å². The number of benzene rings is 2. The number of ether oxygens (including phenoxy) is 4. The Labute approximate surface area is 161 Å². The van der Waals surface area contributed by atoms with Gasteiger partial charge in [0.15, 0.2) is 17.3 Å². The molecule has 0 saturated carbocycles. The minimum atomic E-state index is 0.306. The molecule has 0 bridgehead atoms. The normalized spacial score (nSPS) is 10.2. The smallest absolute Gasteiger partial charge is 0.239 e. The molecule has 0 aliphatic heterocycles. The van der Waals surface area contributed by atoms with Crippen LogP contribution in [0, 0.1) is 0 Å². The van der Waals surface area contributed by atoms with Crippen molar-refractivity contribution in [1.82, 2.24) is 9.97 Å². The number of anilines is 2. The fraction of sp³-hybridized carbons (Fsp3) is 0.158. The van der Waals surface area contributed by atoms with Gasteiger partial charge in [0.05, 0.1) is 38.7 Å². The lowest BCUT2D eigenvalue weighted by Crippen LogP contribution is -2.00. The van der Waals surface area contributed by atoms with E-state index in [4.69, 9.17) is 30.5 Å². The van der Waals surface area contributed by atoms with Gasteiger partial charge < -0.3 is 24.3 Å². The zero-order valence-corrected chi connectivity index (χ0v) is 15.8. The third kappa shape index (κ3) is 4.32. The van der Waals surface area contributed by atoms with E-state index in [1.807, 2.05) is 12.1 Å². The second-order valence-corrected chi connectivity index (χ2v) is 5.72. The summed E-state index contributed by atoms with van der Waals surface area (Å²) in [5.74, 6) is 2.84. The van der Waals surface area contributed by atoms with Crippen molar-refractivity contribution in [3.8, 4) is 28.9 Å². The number of rotatable bonds is 7. The van der Waals surface area contributed by atoms with E-state index in [-0.39, 0.29) is 0 Å². The molecule has 0 fully saturated rings. The van der Waals surface area contributed by atoms with Gasteiger partial charge >= 0.3 is 0 Å². The number of halogens is 1. The molecule has 0 aliphatic carbocycles. The van der Waals surface area contributed by atoms with Crippen LogP contribution in [0.25, 0.3) is 0 Å². The van der Waals surface area contributed by atoms with Crippen molar-refractivity contribution in [3.05, 3.63) is 53.8 Å². The molecule has 0 aliphatic rings. The number of para-hydroxylation sites is 1. The first-order valence-corrected chi connectivity index (χ1v) is 8.34. The standard InChI is InChI=1S/C19H18ClN3O4/c1-24-15-8-12(9-16(25-2)19(15)26-3)22-17-10-21-11-18(23-17)27-14-7-5-4-6-13(14)20/h4-11H,1-3H3,(H,22,23). The Balaban J connectivity index is 1.85. The van der Waals surface area contributed by atoms with Crippen LogP contribution in [0.3, 0.4) is 0 Å². The van der Waals surface area contributed by atoms with E-state index in [0.29, 0.717) is 45.4 Å². The Bertz CT molecular complexity index is 911. The molecule has 7 nitrogen and oxygen atoms in total. The van der Waals surface area contributed by atoms with Crippen LogP contribution in [0.4, 0.5) is 11.5 Å². The van der Waals surface area contributed by atoms with Gasteiger partial charge in [-0.05, 0) is 12.1 Å². The first-order chi connectivity index (χ1) is 13.1. The van der Waals surface area contributed by atoms with Gasteiger partial charge in [0.1, 0.15) is 5.75 Å². The van der Waals surface area contributed by atoms with Crippen LogP contribution in [0.1, 0.15) is 0 Å². The van der Waals surface area contributed by atoms with E-state index in [9.17, 15) is 0 Å². The van der Waals surface area contributed by atoms with Crippen molar-refractivity contribution in [2.75, 3.05) is 26.6 Å². The highest BCUT2D eigenvalue weighted by Gasteiger charge is 2.14. The largest absolute Gasteiger partial charge is 0.493 e. The van der Waals surface area contributed by atoms with Crippen LogP contribution in [0.15, 0.2) is 48.8 Å². The summed E-state index contributed by atoms with van der Waals surface area (Å²) in [5, 5.41) is 3.63. The average Bonchev–Trinajstić information content (AvgIpc) is 2.69. The topological polar surface area (TPSA) is 74.7 Å². The van der Waals surface area contributed by atoms with E-state index < -0.39 is 0 Å². The molecule has 3 aromatic rings. The molecule has 1 heterocycles. The molecule has 140 valence electrons. The summed E-state index contributed by atoms with van der Waals surface area (Å²) in [6, 6.07) is 10.7. The Hall–Kier alpha value is -3.19. The van der Waals surface area contributed by atoms with Gasteiger partial charge in [-0.2, -0.15) is 4.98 Å². The van der Waals surface area contributed by atoms with Crippen LogP contribution < -0.4 is 24.3 Å². The third-order valence-corrected chi connectivity index (χ3v) is 3.91. The molecular formula is C19H18ClN3O4. The molecule has 3 rings (SSSR count). The second kappa shape index (κ2) is 8.46. The maximum absolute atomic E-state index is 6.11. The van der Waals surface area contributed by atoms with E-state index in [2.05, 4.69) is 15.3 Å². The first kappa shape index (κ1) is 18.6. The number of nitrogens with zero attached hydrogens (tertiary/aromatic N) is 2. The summed E-state index contributed by atoms with van der Waals surface area (Å²) >= 11 is 6.11. The predicted molar refractivity (Wildman–Crippen MR) is 103 cm³/mol. The quantitative estimate of drug-likeness (QED) is 0.630. The summed E-state index contributed by atoms with van der Waals surface area (Å²) in [6.07, 6.45) is 3.08. The molecule has 0 unspecified atom stereocenters. The van der Waals surface area contributed by atoms with Crippen molar-refractivity contribution in [1.29, 1.82) is 0 Å². The molecule has 1 aromatic heterocycles. The van der Waals surface area contributed by atoms with Crippen LogP contribution in [-0.2, 0) is 0 Å². The lowest BCUT2D eigenvalue weighted by Gasteiger charge is -2.15. The van der Waals surface area contributed by atoms with E-state index in [1.54, 1.807) is 51.8 Å². The highest BCUT2D eigenvalue weighted by molar-refractivity contribution is 6.32. The van der Waals surface area contributed by atoms with Gasteiger partial charge in [0.2, 0.25) is 11.6 Å². The minimum Gasteiger partial charge on any atom is -0.493 e. The maximum atomic E-state index is 6.11. The monoisotopic (exact) mass is 387 g/mol. The van der Waals surface area contributed by atoms with Crippen LogP contribution in [0.5, 0.6) is 28.9 Å². The van der Waals surface area contributed by atoms with E-state index in [0.717, 1.165) is 0 Å². The van der Waals surface area contributed by atoms with E-state index >= 15 is 0 Å². The van der Waals surface area contributed by atoms with Crippen molar-refractivity contribution < 1.29 is 18.9 Å². The van der Waals surface area contributed by atoms with Crippen molar-refractivity contribution in [2.45, 2.75) is 0 Å². The fourth-order valence-electron chi connectivity index (χ4n) is 2.40. The van der Waals surface area contributed by atoms with Crippen molar-refractivity contribution >= 4 is 23.1 Å². The summed E-state index contributed by atoms with van der Waals surface area (Å²) in [4.78, 5) is 8.54. The number of aromatic nitrogens is 2. The molecule has 1 N–H and O–H groups in total. The third-order valence-electron chi connectivity index (χ3n) is 3.60. The maximum Gasteiger partial charge on any atom is 0.239 e. The SMILES string of the molecule is COc1cc(Nc2cncc(Oc3ccccc3Cl)n2)cc(OC)c1OC. The van der Waals surface area contributed by atoms with Crippen LogP contribution in [0.2, 0.25) is 5.02 Å². The lowest BCUT2D eigenvalue weighted by atomic mass is 10.2. The summed E-state index contributed by atoms with van der Waals surface area (Å²) < 4.78 is 21.7. The van der Waals surface area contributed by atoms with Gasteiger partial charge in [-0.3, -0.25) is 4.98 Å². The highest BCUT2D eigenvalue weighted by atomic mass is 35.5. The molecule has 0 radical (unpaired) electrons. The molecule has 2 aromatic carbocycles. The zero-order valence-electron chi connectivity index (χ0n) is 15.0. The molecule has 0 amide bonds. The zero-order chi connectivity index (χ0) is 19.2. The summed E-state index contributed by atoms with van der Waals surface area (Å²) in [6.45, 7) is 0. The molecular weight excluding hydrogens is 370 g/mol. The van der Waals surface area contributed by atoms with Gasteiger partial charge in [-0.15, -0.1) is 0 Å². The van der Waals surface area contributed by atoms with Gasteiger partial charge in [-0.1, -0.05) is 23.7 Å². The number of hydrogen-bond acceptors (Lipinski definition) is 7. The molecule has 0 spiro atoms. The Morgan fingerprint density at radius 1 is 0.889 bits per heavy atom. The second-order valence-electron chi connectivity index (χ2n) is 5.31. The Kier molecular flexibility index (Phi) is 5.83. The highest BCUT2D eigenvalue weighted by Crippen LogP contribution is 2.40. The van der Waals surface area contributed by atoms with Crippen molar-refractivity contribution in [3.63, 3.8) is 0 Å². The lowest BCUT2D eigenvalue weighted by molar-refractivity contribution is 0.324. The molecule has 8 heteroatoms. The van der Waals surface area contributed by atoms with E-state index in [1.165, 1.54) is 6.20 Å². The minimum absolute atomic E-state index is 0.306. The predicted octanol–water partition coefficient (Wildman–Crippen LogP) is 4.69. The van der Waals surface area contributed by atoms with Gasteiger partial charge in [0.25, 0.3) is 0 Å². The van der Waals surface area contributed by atoms with Crippen LogP contribution >= 0.6 is 11.6 Å². The summed E-state index contributed by atoms with van der Waals surface area (Å²) in [7, 11) is 4.66. The van der Waals surface area contributed by atoms with Gasteiger partial charge in [0, 0.05) is 17.8 Å². The van der Waals surface area contributed by atoms with Crippen molar-refractivity contribution in [2.24, 2.45) is 0 Å². The fourth-order valence-corrected chi connectivity index (χ4v) is 2.57.